The molecule has 0 atom stereocenters. The van der Waals surface area contributed by atoms with E-state index in [0.29, 0.717) is 23.3 Å². The number of ketones is 1. The molecule has 6 nitrogen and oxygen atoms in total. The lowest BCUT2D eigenvalue weighted by Gasteiger charge is -2.05. The second-order valence-electron chi connectivity index (χ2n) is 5.30. The van der Waals surface area contributed by atoms with Crippen molar-refractivity contribution in [2.75, 3.05) is 0 Å². The van der Waals surface area contributed by atoms with Crippen LogP contribution in [0.2, 0.25) is 0 Å². The molecule has 0 aliphatic rings. The van der Waals surface area contributed by atoms with Crippen molar-refractivity contribution < 1.29 is 19.1 Å². The molecule has 2 rings (SSSR count). The summed E-state index contributed by atoms with van der Waals surface area (Å²) in [6.45, 7) is 1.51. The number of hydrogen-bond donors (Lipinski definition) is 0. The molecule has 0 spiro atoms. The Morgan fingerprint density at radius 3 is 2.20 bits per heavy atom. The van der Waals surface area contributed by atoms with Gasteiger partial charge in [-0.2, -0.15) is 0 Å². The number of carbonyl (C=O) groups is 3. The number of nitrogens with zero attached hydrogens (tertiary/aromatic N) is 1. The van der Waals surface area contributed by atoms with Gasteiger partial charge in [0.15, 0.2) is 0 Å². The number of carbonyl (C=O) groups excluding carboxylic acids is 3. The number of hydrogen-bond acceptors (Lipinski definition) is 5. The zero-order valence-electron chi connectivity index (χ0n) is 13.5. The molecule has 0 saturated carbocycles. The summed E-state index contributed by atoms with van der Waals surface area (Å²) in [6, 6.07) is 13.0. The standard InChI is InChI=1S/C19H15NO5/c1-13(21)12-15-2-7-16(8-3-15)19(23)25-17-9-4-14(5-10-17)6-11-18(22)20-24/h2-11H,12H2,1H3/b11-6+. The zero-order chi connectivity index (χ0) is 18.2. The molecule has 0 aliphatic carbocycles. The highest BCUT2D eigenvalue weighted by Gasteiger charge is 2.09. The Morgan fingerprint density at radius 2 is 1.64 bits per heavy atom. The first-order valence-corrected chi connectivity index (χ1v) is 7.44. The van der Waals surface area contributed by atoms with Crippen LogP contribution in [0.1, 0.15) is 28.4 Å². The van der Waals surface area contributed by atoms with Gasteiger partial charge in [-0.1, -0.05) is 24.3 Å². The number of esters is 1. The lowest BCUT2D eigenvalue weighted by Crippen LogP contribution is -2.08. The number of ether oxygens (including phenoxy) is 1. The van der Waals surface area contributed by atoms with Crippen LogP contribution in [0, 0.1) is 4.91 Å². The topological polar surface area (TPSA) is 89.9 Å². The van der Waals surface area contributed by atoms with Gasteiger partial charge in [-0.25, -0.2) is 4.79 Å². The van der Waals surface area contributed by atoms with Crippen LogP contribution in [0.15, 0.2) is 59.8 Å². The van der Waals surface area contributed by atoms with Crippen LogP contribution in [0.5, 0.6) is 5.75 Å². The Labute approximate surface area is 144 Å². The minimum absolute atomic E-state index is 0.0510. The maximum atomic E-state index is 12.1. The first-order valence-electron chi connectivity index (χ1n) is 7.44. The zero-order valence-corrected chi connectivity index (χ0v) is 13.5. The summed E-state index contributed by atoms with van der Waals surface area (Å²) in [5.74, 6) is -0.994. The molecule has 0 radical (unpaired) electrons. The van der Waals surface area contributed by atoms with Gasteiger partial charge in [0.05, 0.1) is 5.56 Å². The molecule has 25 heavy (non-hydrogen) atoms. The van der Waals surface area contributed by atoms with E-state index in [1.54, 1.807) is 48.5 Å². The molecule has 0 fully saturated rings. The molecule has 6 heteroatoms. The van der Waals surface area contributed by atoms with Gasteiger partial charge in [0.2, 0.25) is 0 Å². The van der Waals surface area contributed by atoms with Gasteiger partial charge in [0.1, 0.15) is 11.5 Å². The third kappa shape index (κ3) is 5.62. The summed E-state index contributed by atoms with van der Waals surface area (Å²) in [5.41, 5.74) is 1.86. The van der Waals surface area contributed by atoms with Crippen molar-refractivity contribution in [2.45, 2.75) is 13.3 Å². The molecule has 0 unspecified atom stereocenters. The molecule has 1 amide bonds. The summed E-state index contributed by atoms with van der Waals surface area (Å²) < 4.78 is 5.26. The molecule has 126 valence electrons. The van der Waals surface area contributed by atoms with Crippen LogP contribution in [0.3, 0.4) is 0 Å². The first-order chi connectivity index (χ1) is 12.0. The molecule has 0 bridgehead atoms. The number of benzene rings is 2. The van der Waals surface area contributed by atoms with Gasteiger partial charge in [0, 0.05) is 17.7 Å². The number of rotatable bonds is 6. The Balaban J connectivity index is 2.00. The molecule has 0 N–H and O–H groups in total. The Hall–Kier alpha value is -3.41. The fourth-order valence-corrected chi connectivity index (χ4v) is 2.06. The first kappa shape index (κ1) is 17.9. The van der Waals surface area contributed by atoms with Crippen molar-refractivity contribution in [1.82, 2.24) is 0 Å². The van der Waals surface area contributed by atoms with Gasteiger partial charge >= 0.3 is 11.9 Å². The van der Waals surface area contributed by atoms with Gasteiger partial charge < -0.3 is 4.74 Å². The van der Waals surface area contributed by atoms with Gasteiger partial charge in [-0.05, 0) is 48.4 Å². The fourth-order valence-electron chi connectivity index (χ4n) is 2.06. The normalized spacial score (nSPS) is 10.4. The summed E-state index contributed by atoms with van der Waals surface area (Å²) in [4.78, 5) is 43.9. The van der Waals surface area contributed by atoms with Crippen LogP contribution in [-0.4, -0.2) is 17.7 Å². The number of Topliss-reactive ketones (excluding diaryl/α,β-unsaturated/α-hetero) is 1. The maximum Gasteiger partial charge on any atom is 0.343 e. The summed E-state index contributed by atoms with van der Waals surface area (Å²) in [6.07, 6.45) is 2.81. The average molecular weight is 337 g/mol. The van der Waals surface area contributed by atoms with Gasteiger partial charge in [-0.3, -0.25) is 9.59 Å². The highest BCUT2D eigenvalue weighted by atomic mass is 16.5. The summed E-state index contributed by atoms with van der Waals surface area (Å²) >= 11 is 0. The molecule has 0 saturated heterocycles. The molecule has 0 heterocycles. The van der Waals surface area contributed by atoms with Crippen molar-refractivity contribution in [2.24, 2.45) is 5.18 Å². The SMILES string of the molecule is CC(=O)Cc1ccc(C(=O)Oc2ccc(/C=C/C(=O)N=O)cc2)cc1. The van der Waals surface area contributed by atoms with Crippen LogP contribution in [-0.2, 0) is 16.0 Å². The molecule has 0 aliphatic heterocycles. The number of amides is 1. The van der Waals surface area contributed by atoms with Crippen LogP contribution >= 0.6 is 0 Å². The van der Waals surface area contributed by atoms with E-state index in [2.05, 4.69) is 5.18 Å². The smallest absolute Gasteiger partial charge is 0.343 e. The molecular formula is C19H15NO5. The predicted molar refractivity (Wildman–Crippen MR) is 92.1 cm³/mol. The molecular weight excluding hydrogens is 322 g/mol. The third-order valence-corrected chi connectivity index (χ3v) is 3.24. The van der Waals surface area contributed by atoms with Crippen molar-refractivity contribution >= 4 is 23.7 Å². The minimum atomic E-state index is -0.872. The van der Waals surface area contributed by atoms with Crippen LogP contribution < -0.4 is 4.74 Å². The van der Waals surface area contributed by atoms with E-state index in [1.807, 2.05) is 0 Å². The van der Waals surface area contributed by atoms with Gasteiger partial charge in [-0.15, -0.1) is 4.91 Å². The molecule has 0 aromatic heterocycles. The Bertz CT molecular complexity index is 820. The van der Waals surface area contributed by atoms with E-state index >= 15 is 0 Å². The summed E-state index contributed by atoms with van der Waals surface area (Å²) in [7, 11) is 0. The van der Waals surface area contributed by atoms with E-state index in [-0.39, 0.29) is 5.78 Å². The third-order valence-electron chi connectivity index (χ3n) is 3.24. The van der Waals surface area contributed by atoms with Crippen molar-refractivity contribution in [3.05, 3.63) is 76.2 Å². The van der Waals surface area contributed by atoms with Crippen molar-refractivity contribution in [1.29, 1.82) is 0 Å². The quantitative estimate of drug-likeness (QED) is 0.349. The highest BCUT2D eigenvalue weighted by Crippen LogP contribution is 2.16. The predicted octanol–water partition coefficient (Wildman–Crippen LogP) is 3.34. The average Bonchev–Trinajstić information content (AvgIpc) is 2.61. The van der Waals surface area contributed by atoms with E-state index in [0.717, 1.165) is 11.6 Å². The Morgan fingerprint density at radius 1 is 1.00 bits per heavy atom. The van der Waals surface area contributed by atoms with Crippen molar-refractivity contribution in [3.8, 4) is 5.75 Å². The monoisotopic (exact) mass is 337 g/mol. The van der Waals surface area contributed by atoms with Gasteiger partial charge in [0.25, 0.3) is 0 Å². The lowest BCUT2D eigenvalue weighted by molar-refractivity contribution is -0.116. The fraction of sp³-hybridized carbons (Fsp3) is 0.105. The lowest BCUT2D eigenvalue weighted by atomic mass is 10.1. The van der Waals surface area contributed by atoms with E-state index in [9.17, 15) is 19.3 Å². The van der Waals surface area contributed by atoms with E-state index in [1.165, 1.54) is 13.0 Å². The maximum absolute atomic E-state index is 12.1. The van der Waals surface area contributed by atoms with Crippen LogP contribution in [0.25, 0.3) is 6.08 Å². The number of nitroso groups, excluding NO2 is 1. The van der Waals surface area contributed by atoms with E-state index in [4.69, 9.17) is 4.74 Å². The second kappa shape index (κ2) is 8.44. The molecule has 2 aromatic carbocycles. The summed E-state index contributed by atoms with van der Waals surface area (Å²) in [5, 5.41) is 2.25. The Kier molecular flexibility index (Phi) is 6.06. The molecule has 2 aromatic rings. The van der Waals surface area contributed by atoms with E-state index < -0.39 is 11.9 Å². The minimum Gasteiger partial charge on any atom is -0.423 e. The second-order valence-corrected chi connectivity index (χ2v) is 5.30. The highest BCUT2D eigenvalue weighted by molar-refractivity contribution is 5.92. The van der Waals surface area contributed by atoms with Crippen molar-refractivity contribution in [3.63, 3.8) is 0 Å². The largest absolute Gasteiger partial charge is 0.423 e. The van der Waals surface area contributed by atoms with Crippen LogP contribution in [0.4, 0.5) is 0 Å².